The second-order valence-corrected chi connectivity index (χ2v) is 3.12. The lowest BCUT2D eigenvalue weighted by molar-refractivity contribution is -0.115. The van der Waals surface area contributed by atoms with Crippen LogP contribution in [0, 0.1) is 5.92 Å². The molecule has 0 atom stereocenters. The number of hydrogen-bond donors (Lipinski definition) is 2. The van der Waals surface area contributed by atoms with Crippen LogP contribution in [0.2, 0.25) is 0 Å². The van der Waals surface area contributed by atoms with Crippen LogP contribution >= 0.6 is 0 Å². The Morgan fingerprint density at radius 3 is 1.71 bits per heavy atom. The van der Waals surface area contributed by atoms with E-state index in [1.54, 1.807) is 0 Å². The van der Waals surface area contributed by atoms with Gasteiger partial charge in [0.2, 0.25) is 11.8 Å². The molecule has 0 saturated carbocycles. The number of amides is 2. The molecule has 0 heterocycles. The van der Waals surface area contributed by atoms with Gasteiger partial charge in [-0.3, -0.25) is 9.59 Å². The van der Waals surface area contributed by atoms with Crippen molar-refractivity contribution in [2.45, 2.75) is 19.8 Å². The first-order valence-corrected chi connectivity index (χ1v) is 4.39. The zero-order valence-corrected chi connectivity index (χ0v) is 8.38. The zero-order chi connectivity index (χ0) is 11.3. The van der Waals surface area contributed by atoms with Gasteiger partial charge in [0, 0.05) is 17.1 Å². The van der Waals surface area contributed by atoms with Gasteiger partial charge in [0.15, 0.2) is 0 Å². The molecule has 0 saturated heterocycles. The van der Waals surface area contributed by atoms with Crippen LogP contribution in [0.25, 0.3) is 0 Å². The van der Waals surface area contributed by atoms with Crippen LogP contribution in [0.3, 0.4) is 0 Å². The summed E-state index contributed by atoms with van der Waals surface area (Å²) in [6.45, 7) is 8.99. The van der Waals surface area contributed by atoms with E-state index in [2.05, 4.69) is 13.2 Å². The van der Waals surface area contributed by atoms with Gasteiger partial charge in [-0.15, -0.1) is 0 Å². The second kappa shape index (κ2) is 5.21. The SMILES string of the molecule is C=C(C(N)=O)C(CCC)C(=C)C(N)=O. The van der Waals surface area contributed by atoms with E-state index in [9.17, 15) is 9.59 Å². The van der Waals surface area contributed by atoms with Crippen LogP contribution in [-0.2, 0) is 9.59 Å². The summed E-state index contributed by atoms with van der Waals surface area (Å²) in [5.74, 6) is -1.66. The summed E-state index contributed by atoms with van der Waals surface area (Å²) >= 11 is 0. The topological polar surface area (TPSA) is 86.2 Å². The zero-order valence-electron chi connectivity index (χ0n) is 8.38. The van der Waals surface area contributed by atoms with Crippen molar-refractivity contribution in [2.75, 3.05) is 0 Å². The minimum atomic E-state index is -0.620. The Balaban J connectivity index is 4.76. The van der Waals surface area contributed by atoms with E-state index >= 15 is 0 Å². The molecule has 4 nitrogen and oxygen atoms in total. The molecule has 0 aliphatic heterocycles. The average molecular weight is 196 g/mol. The van der Waals surface area contributed by atoms with Crippen LogP contribution < -0.4 is 11.5 Å². The van der Waals surface area contributed by atoms with Crippen LogP contribution in [0.5, 0.6) is 0 Å². The summed E-state index contributed by atoms with van der Waals surface area (Å²) in [6, 6.07) is 0. The van der Waals surface area contributed by atoms with Crippen LogP contribution in [0.4, 0.5) is 0 Å². The number of carbonyl (C=O) groups excluding carboxylic acids is 2. The molecule has 0 unspecified atom stereocenters. The first kappa shape index (κ1) is 12.4. The van der Waals surface area contributed by atoms with Gasteiger partial charge < -0.3 is 11.5 Å². The Morgan fingerprint density at radius 2 is 1.50 bits per heavy atom. The minimum absolute atomic E-state index is 0.190. The van der Waals surface area contributed by atoms with Gasteiger partial charge in [-0.05, 0) is 6.42 Å². The van der Waals surface area contributed by atoms with Gasteiger partial charge in [-0.1, -0.05) is 26.5 Å². The fourth-order valence-electron chi connectivity index (χ4n) is 1.19. The van der Waals surface area contributed by atoms with E-state index in [4.69, 9.17) is 11.5 Å². The van der Waals surface area contributed by atoms with Crippen molar-refractivity contribution in [3.63, 3.8) is 0 Å². The van der Waals surface area contributed by atoms with Crippen molar-refractivity contribution in [3.8, 4) is 0 Å². The maximum atomic E-state index is 10.9. The molecule has 4 heteroatoms. The largest absolute Gasteiger partial charge is 0.366 e. The molecule has 0 aromatic heterocycles. The highest BCUT2D eigenvalue weighted by atomic mass is 16.1. The molecule has 0 aromatic carbocycles. The van der Waals surface area contributed by atoms with Crippen LogP contribution in [-0.4, -0.2) is 11.8 Å². The lowest BCUT2D eigenvalue weighted by Crippen LogP contribution is -2.26. The monoisotopic (exact) mass is 196 g/mol. The van der Waals surface area contributed by atoms with Crippen molar-refractivity contribution in [1.82, 2.24) is 0 Å². The van der Waals surface area contributed by atoms with Gasteiger partial charge >= 0.3 is 0 Å². The number of rotatable bonds is 6. The van der Waals surface area contributed by atoms with Crippen LogP contribution in [0.1, 0.15) is 19.8 Å². The lowest BCUT2D eigenvalue weighted by Gasteiger charge is -2.16. The van der Waals surface area contributed by atoms with E-state index in [1.807, 2.05) is 6.92 Å². The number of carbonyl (C=O) groups is 2. The molecule has 0 radical (unpaired) electrons. The van der Waals surface area contributed by atoms with Crippen molar-refractivity contribution in [2.24, 2.45) is 17.4 Å². The molecule has 0 rings (SSSR count). The number of nitrogens with two attached hydrogens (primary N) is 2. The normalized spacial score (nSPS) is 9.86. The molecule has 0 aliphatic rings. The first-order chi connectivity index (χ1) is 6.41. The van der Waals surface area contributed by atoms with E-state index < -0.39 is 17.7 Å². The standard InChI is InChI=1S/C10H16N2O2/c1-4-5-8(6(2)9(11)13)7(3)10(12)14/h8H,2-5H2,1H3,(H2,11,13)(H2,12,14). The van der Waals surface area contributed by atoms with E-state index in [0.29, 0.717) is 6.42 Å². The maximum absolute atomic E-state index is 10.9. The Labute approximate surface area is 83.6 Å². The molecular weight excluding hydrogens is 180 g/mol. The minimum Gasteiger partial charge on any atom is -0.366 e. The molecule has 0 fully saturated rings. The maximum Gasteiger partial charge on any atom is 0.244 e. The Morgan fingerprint density at radius 1 is 1.14 bits per heavy atom. The molecule has 0 aromatic rings. The highest BCUT2D eigenvalue weighted by Crippen LogP contribution is 2.22. The second-order valence-electron chi connectivity index (χ2n) is 3.12. The number of primary amides is 2. The van der Waals surface area contributed by atoms with Crippen molar-refractivity contribution in [3.05, 3.63) is 24.3 Å². The summed E-state index contributed by atoms with van der Waals surface area (Å²) < 4.78 is 0. The average Bonchev–Trinajstić information content (AvgIpc) is 2.11. The third kappa shape index (κ3) is 3.05. The van der Waals surface area contributed by atoms with Gasteiger partial charge in [-0.2, -0.15) is 0 Å². The van der Waals surface area contributed by atoms with E-state index in [1.165, 1.54) is 0 Å². The fourth-order valence-corrected chi connectivity index (χ4v) is 1.19. The molecule has 0 spiro atoms. The lowest BCUT2D eigenvalue weighted by atomic mass is 9.88. The summed E-state index contributed by atoms with van der Waals surface area (Å²) in [5.41, 5.74) is 10.5. The molecule has 0 aliphatic carbocycles. The fraction of sp³-hybridized carbons (Fsp3) is 0.400. The summed E-state index contributed by atoms with van der Waals surface area (Å²) in [5, 5.41) is 0. The van der Waals surface area contributed by atoms with Gasteiger partial charge in [0.25, 0.3) is 0 Å². The molecule has 78 valence electrons. The molecule has 4 N–H and O–H groups in total. The quantitative estimate of drug-likeness (QED) is 0.605. The molecular formula is C10H16N2O2. The summed E-state index contributed by atoms with van der Waals surface area (Å²) in [4.78, 5) is 21.7. The van der Waals surface area contributed by atoms with Crippen molar-refractivity contribution >= 4 is 11.8 Å². The highest BCUT2D eigenvalue weighted by Gasteiger charge is 2.22. The van der Waals surface area contributed by atoms with E-state index in [0.717, 1.165) is 6.42 Å². The third-order valence-corrected chi connectivity index (χ3v) is 2.05. The predicted octanol–water partition coefficient (Wildman–Crippen LogP) is 0.486. The first-order valence-electron chi connectivity index (χ1n) is 4.39. The van der Waals surface area contributed by atoms with E-state index in [-0.39, 0.29) is 11.1 Å². The van der Waals surface area contributed by atoms with Crippen molar-refractivity contribution < 1.29 is 9.59 Å². The Bertz CT molecular complexity index is 256. The summed E-state index contributed by atoms with van der Waals surface area (Å²) in [6.07, 6.45) is 1.40. The molecule has 14 heavy (non-hydrogen) atoms. The third-order valence-electron chi connectivity index (χ3n) is 2.05. The van der Waals surface area contributed by atoms with Gasteiger partial charge in [0.1, 0.15) is 0 Å². The Kier molecular flexibility index (Phi) is 4.63. The highest BCUT2D eigenvalue weighted by molar-refractivity contribution is 5.98. The van der Waals surface area contributed by atoms with Gasteiger partial charge in [-0.25, -0.2) is 0 Å². The van der Waals surface area contributed by atoms with Crippen molar-refractivity contribution in [1.29, 1.82) is 0 Å². The number of hydrogen-bond acceptors (Lipinski definition) is 2. The molecule has 0 bridgehead atoms. The summed E-state index contributed by atoms with van der Waals surface area (Å²) in [7, 11) is 0. The van der Waals surface area contributed by atoms with Gasteiger partial charge in [0.05, 0.1) is 0 Å². The van der Waals surface area contributed by atoms with Crippen LogP contribution in [0.15, 0.2) is 24.3 Å². The predicted molar refractivity (Wildman–Crippen MR) is 55.1 cm³/mol. The Hall–Kier alpha value is -1.58. The smallest absolute Gasteiger partial charge is 0.244 e. The molecule has 2 amide bonds.